The van der Waals surface area contributed by atoms with Gasteiger partial charge in [-0.25, -0.2) is 13.2 Å². The molecule has 0 unspecified atom stereocenters. The van der Waals surface area contributed by atoms with Gasteiger partial charge in [-0.1, -0.05) is 0 Å². The Bertz CT molecular complexity index is 539. The van der Waals surface area contributed by atoms with Crippen molar-refractivity contribution >= 4 is 15.9 Å². The zero-order valence-corrected chi connectivity index (χ0v) is 12.3. The summed E-state index contributed by atoms with van der Waals surface area (Å²) in [5.41, 5.74) is 0. The van der Waals surface area contributed by atoms with Gasteiger partial charge in [0.15, 0.2) is 9.84 Å². The highest BCUT2D eigenvalue weighted by molar-refractivity contribution is 7.91. The van der Waals surface area contributed by atoms with Gasteiger partial charge in [0, 0.05) is 19.0 Å². The van der Waals surface area contributed by atoms with Crippen LogP contribution in [0.15, 0.2) is 22.8 Å². The number of hydrogen-bond acceptors (Lipinski definition) is 4. The molecule has 2 heterocycles. The molecule has 0 radical (unpaired) electrons. The minimum absolute atomic E-state index is 0.0335. The topological polar surface area (TPSA) is 88.4 Å². The molecule has 7 heteroatoms. The van der Waals surface area contributed by atoms with Crippen LogP contribution in [0.4, 0.5) is 4.79 Å². The van der Waals surface area contributed by atoms with Crippen LogP contribution in [0.2, 0.25) is 0 Å². The highest BCUT2D eigenvalue weighted by Gasteiger charge is 2.27. The molecule has 2 amide bonds. The Balaban J connectivity index is 1.68. The second kappa shape index (κ2) is 6.30. The van der Waals surface area contributed by atoms with Gasteiger partial charge in [0.2, 0.25) is 0 Å². The summed E-state index contributed by atoms with van der Waals surface area (Å²) in [7, 11) is -2.88. The van der Waals surface area contributed by atoms with E-state index < -0.39 is 9.84 Å². The molecule has 2 rings (SSSR count). The quantitative estimate of drug-likeness (QED) is 0.847. The molecule has 2 atom stereocenters. The third-order valence-corrected chi connectivity index (χ3v) is 5.18. The summed E-state index contributed by atoms with van der Waals surface area (Å²) in [6.07, 6.45) is 2.85. The van der Waals surface area contributed by atoms with Crippen LogP contribution in [0.5, 0.6) is 0 Å². The number of urea groups is 1. The lowest BCUT2D eigenvalue weighted by Crippen LogP contribution is -2.43. The van der Waals surface area contributed by atoms with Gasteiger partial charge < -0.3 is 15.1 Å². The van der Waals surface area contributed by atoms with Gasteiger partial charge >= 0.3 is 6.03 Å². The number of amides is 2. The fraction of sp³-hybridized carbons (Fsp3) is 0.615. The molecule has 1 fully saturated rings. The van der Waals surface area contributed by atoms with E-state index >= 15 is 0 Å². The largest absolute Gasteiger partial charge is 0.469 e. The third kappa shape index (κ3) is 4.56. The minimum atomic E-state index is -2.88. The van der Waals surface area contributed by atoms with Crippen LogP contribution in [0.25, 0.3) is 0 Å². The molecule has 1 aliphatic rings. The van der Waals surface area contributed by atoms with Crippen molar-refractivity contribution in [1.82, 2.24) is 10.6 Å². The van der Waals surface area contributed by atoms with Crippen LogP contribution >= 0.6 is 0 Å². The number of nitrogens with one attached hydrogen (secondary N) is 2. The molecule has 1 saturated heterocycles. The van der Waals surface area contributed by atoms with Crippen molar-refractivity contribution in [2.45, 2.75) is 25.8 Å². The zero-order valence-electron chi connectivity index (χ0n) is 11.5. The van der Waals surface area contributed by atoms with E-state index in [9.17, 15) is 13.2 Å². The first-order chi connectivity index (χ1) is 9.44. The van der Waals surface area contributed by atoms with Crippen LogP contribution in [-0.4, -0.2) is 38.5 Å². The van der Waals surface area contributed by atoms with Gasteiger partial charge in [-0.2, -0.15) is 0 Å². The summed E-state index contributed by atoms with van der Waals surface area (Å²) >= 11 is 0. The maximum absolute atomic E-state index is 11.7. The van der Waals surface area contributed by atoms with E-state index in [4.69, 9.17) is 4.42 Å². The smallest absolute Gasteiger partial charge is 0.315 e. The Morgan fingerprint density at radius 1 is 1.55 bits per heavy atom. The lowest BCUT2D eigenvalue weighted by atomic mass is 10.1. The molecule has 20 heavy (non-hydrogen) atoms. The molecular weight excluding hydrogens is 280 g/mol. The van der Waals surface area contributed by atoms with Crippen molar-refractivity contribution in [2.75, 3.05) is 18.1 Å². The average Bonchev–Trinajstić information content (AvgIpc) is 2.96. The molecule has 0 aromatic carbocycles. The molecule has 0 aliphatic carbocycles. The molecule has 0 saturated carbocycles. The van der Waals surface area contributed by atoms with E-state index in [1.165, 1.54) is 0 Å². The van der Waals surface area contributed by atoms with Gasteiger partial charge in [-0.05, 0) is 31.4 Å². The number of furan rings is 1. The first kappa shape index (κ1) is 14.9. The predicted molar refractivity (Wildman–Crippen MR) is 75.2 cm³/mol. The van der Waals surface area contributed by atoms with E-state index in [0.29, 0.717) is 19.4 Å². The summed E-state index contributed by atoms with van der Waals surface area (Å²) in [6.45, 7) is 2.29. The Labute approximate surface area is 118 Å². The molecule has 0 bridgehead atoms. The Kier molecular flexibility index (Phi) is 4.69. The van der Waals surface area contributed by atoms with Gasteiger partial charge in [-0.15, -0.1) is 0 Å². The summed E-state index contributed by atoms with van der Waals surface area (Å²) < 4.78 is 27.8. The van der Waals surface area contributed by atoms with E-state index in [-0.39, 0.29) is 29.5 Å². The van der Waals surface area contributed by atoms with Gasteiger partial charge in [0.05, 0.1) is 17.8 Å². The standard InChI is InChI=1S/C13H20N2O4S/c1-10(7-12-3-2-5-19-12)15-13(16)14-8-11-4-6-20(17,18)9-11/h2-3,5,10-11H,4,6-9H2,1H3,(H2,14,15,16)/t10-,11+/m0/s1. The van der Waals surface area contributed by atoms with Gasteiger partial charge in [0.1, 0.15) is 5.76 Å². The Morgan fingerprint density at radius 2 is 2.35 bits per heavy atom. The van der Waals surface area contributed by atoms with E-state index in [0.717, 1.165) is 5.76 Å². The van der Waals surface area contributed by atoms with Crippen LogP contribution in [0, 0.1) is 5.92 Å². The summed E-state index contributed by atoms with van der Waals surface area (Å²) in [6, 6.07) is 3.35. The second-order valence-corrected chi connectivity index (χ2v) is 7.54. The highest BCUT2D eigenvalue weighted by atomic mass is 32.2. The molecule has 2 N–H and O–H groups in total. The van der Waals surface area contributed by atoms with Crippen LogP contribution in [0.1, 0.15) is 19.1 Å². The van der Waals surface area contributed by atoms with Crippen molar-refractivity contribution in [3.8, 4) is 0 Å². The van der Waals surface area contributed by atoms with Crippen molar-refractivity contribution in [3.63, 3.8) is 0 Å². The number of carbonyl (C=O) groups is 1. The third-order valence-electron chi connectivity index (χ3n) is 3.34. The van der Waals surface area contributed by atoms with Crippen molar-refractivity contribution in [1.29, 1.82) is 0 Å². The number of rotatable bonds is 5. The molecule has 1 aromatic rings. The lowest BCUT2D eigenvalue weighted by molar-refractivity contribution is 0.235. The maximum Gasteiger partial charge on any atom is 0.315 e. The molecule has 1 aliphatic heterocycles. The molecule has 0 spiro atoms. The lowest BCUT2D eigenvalue weighted by Gasteiger charge is -2.15. The molecule has 6 nitrogen and oxygen atoms in total. The summed E-state index contributed by atoms with van der Waals surface area (Å²) in [5, 5.41) is 5.53. The fourth-order valence-electron chi connectivity index (χ4n) is 2.33. The zero-order chi connectivity index (χ0) is 14.6. The van der Waals surface area contributed by atoms with Gasteiger partial charge in [0.25, 0.3) is 0 Å². The van der Waals surface area contributed by atoms with Crippen LogP contribution < -0.4 is 10.6 Å². The second-order valence-electron chi connectivity index (χ2n) is 5.31. The maximum atomic E-state index is 11.7. The fourth-order valence-corrected chi connectivity index (χ4v) is 4.19. The van der Waals surface area contributed by atoms with Gasteiger partial charge in [-0.3, -0.25) is 0 Å². The summed E-state index contributed by atoms with van der Waals surface area (Å²) in [4.78, 5) is 11.7. The Hall–Kier alpha value is -1.50. The number of sulfone groups is 1. The number of carbonyl (C=O) groups excluding carboxylic acids is 1. The SMILES string of the molecule is C[C@@H](Cc1ccco1)NC(=O)NC[C@H]1CCS(=O)(=O)C1. The van der Waals surface area contributed by atoms with Crippen LogP contribution in [0.3, 0.4) is 0 Å². The highest BCUT2D eigenvalue weighted by Crippen LogP contribution is 2.17. The normalized spacial score (nSPS) is 22.4. The monoisotopic (exact) mass is 300 g/mol. The molecule has 112 valence electrons. The van der Waals surface area contributed by atoms with Crippen molar-refractivity contribution < 1.29 is 17.6 Å². The van der Waals surface area contributed by atoms with Crippen LogP contribution in [-0.2, 0) is 16.3 Å². The summed E-state index contributed by atoms with van der Waals surface area (Å²) in [5.74, 6) is 1.26. The van der Waals surface area contributed by atoms with Crippen molar-refractivity contribution in [3.05, 3.63) is 24.2 Å². The minimum Gasteiger partial charge on any atom is -0.469 e. The van der Waals surface area contributed by atoms with E-state index in [1.807, 2.05) is 19.1 Å². The predicted octanol–water partition coefficient (Wildman–Crippen LogP) is 0.945. The Morgan fingerprint density at radius 3 is 2.95 bits per heavy atom. The first-order valence-corrected chi connectivity index (χ1v) is 8.54. The number of hydrogen-bond donors (Lipinski definition) is 2. The molecule has 1 aromatic heterocycles. The average molecular weight is 300 g/mol. The van der Waals surface area contributed by atoms with E-state index in [2.05, 4.69) is 10.6 Å². The van der Waals surface area contributed by atoms with Crippen molar-refractivity contribution in [2.24, 2.45) is 5.92 Å². The van der Waals surface area contributed by atoms with E-state index in [1.54, 1.807) is 6.26 Å². The molecular formula is C13H20N2O4S. The first-order valence-electron chi connectivity index (χ1n) is 6.72.